The molecule has 1 aliphatic heterocycles. The first-order valence-corrected chi connectivity index (χ1v) is 4.47. The maximum Gasteiger partial charge on any atom is 0.126 e. The van der Waals surface area contributed by atoms with Gasteiger partial charge in [-0.05, 0) is 12.1 Å². The smallest absolute Gasteiger partial charge is 0.126 e. The van der Waals surface area contributed by atoms with Crippen LogP contribution in [0, 0.1) is 5.82 Å². The van der Waals surface area contributed by atoms with Crippen LogP contribution in [0.3, 0.4) is 0 Å². The van der Waals surface area contributed by atoms with Gasteiger partial charge in [-0.3, -0.25) is 4.99 Å². The third-order valence-corrected chi connectivity index (χ3v) is 1.97. The molecule has 0 aliphatic carbocycles. The van der Waals surface area contributed by atoms with Crippen molar-refractivity contribution in [3.05, 3.63) is 30.1 Å². The molecule has 1 N–H and O–H groups in total. The van der Waals surface area contributed by atoms with Crippen molar-refractivity contribution >= 4 is 6.34 Å². The summed E-state index contributed by atoms with van der Waals surface area (Å²) in [6, 6.07) is 6.33. The Morgan fingerprint density at radius 1 is 1.57 bits per heavy atom. The SMILES string of the molecule is Fc1cccc(OCC2CN=CN2)c1. The van der Waals surface area contributed by atoms with Crippen LogP contribution in [0.2, 0.25) is 0 Å². The normalized spacial score (nSPS) is 19.4. The molecule has 0 spiro atoms. The Balaban J connectivity index is 1.85. The van der Waals surface area contributed by atoms with Gasteiger partial charge < -0.3 is 10.1 Å². The number of hydrogen-bond donors (Lipinski definition) is 1. The standard InChI is InChI=1S/C10H11FN2O/c11-8-2-1-3-10(4-8)14-6-9-5-12-7-13-9/h1-4,7,9H,5-6H2,(H,12,13). The lowest BCUT2D eigenvalue weighted by Crippen LogP contribution is -2.31. The number of nitrogens with zero attached hydrogens (tertiary/aromatic N) is 1. The maximum absolute atomic E-state index is 12.7. The number of nitrogens with one attached hydrogen (secondary N) is 1. The lowest BCUT2D eigenvalue weighted by Gasteiger charge is -2.11. The van der Waals surface area contributed by atoms with Crippen molar-refractivity contribution in [2.45, 2.75) is 6.04 Å². The van der Waals surface area contributed by atoms with Crippen molar-refractivity contribution in [1.82, 2.24) is 5.32 Å². The zero-order valence-corrected chi connectivity index (χ0v) is 7.61. The van der Waals surface area contributed by atoms with E-state index in [1.54, 1.807) is 18.5 Å². The quantitative estimate of drug-likeness (QED) is 0.784. The minimum Gasteiger partial charge on any atom is -0.491 e. The molecule has 0 radical (unpaired) electrons. The van der Waals surface area contributed by atoms with E-state index in [1.807, 2.05) is 0 Å². The van der Waals surface area contributed by atoms with Crippen LogP contribution >= 0.6 is 0 Å². The largest absolute Gasteiger partial charge is 0.491 e. The molecule has 1 heterocycles. The van der Waals surface area contributed by atoms with Gasteiger partial charge in [0.2, 0.25) is 0 Å². The first-order valence-electron chi connectivity index (χ1n) is 4.47. The van der Waals surface area contributed by atoms with Crippen LogP contribution in [0.4, 0.5) is 4.39 Å². The molecule has 0 fully saturated rings. The molecule has 4 heteroatoms. The van der Waals surface area contributed by atoms with Gasteiger partial charge in [0, 0.05) is 6.07 Å². The number of hydrogen-bond acceptors (Lipinski definition) is 3. The first-order chi connectivity index (χ1) is 6.84. The van der Waals surface area contributed by atoms with E-state index in [0.717, 1.165) is 6.54 Å². The van der Waals surface area contributed by atoms with E-state index in [9.17, 15) is 4.39 Å². The molecule has 0 bridgehead atoms. The van der Waals surface area contributed by atoms with Gasteiger partial charge in [0.15, 0.2) is 0 Å². The molecule has 1 atom stereocenters. The van der Waals surface area contributed by atoms with Gasteiger partial charge in [-0.1, -0.05) is 6.07 Å². The second-order valence-electron chi connectivity index (χ2n) is 3.13. The molecule has 1 aromatic rings. The number of benzene rings is 1. The predicted molar refractivity (Wildman–Crippen MR) is 52.2 cm³/mol. The minimum absolute atomic E-state index is 0.207. The summed E-state index contributed by atoms with van der Waals surface area (Å²) in [6.45, 7) is 1.22. The summed E-state index contributed by atoms with van der Waals surface area (Å²) >= 11 is 0. The van der Waals surface area contributed by atoms with Gasteiger partial charge in [0.05, 0.1) is 18.9 Å². The molecule has 2 rings (SSSR count). The van der Waals surface area contributed by atoms with Crippen LogP contribution in [-0.2, 0) is 0 Å². The van der Waals surface area contributed by atoms with E-state index in [1.165, 1.54) is 12.1 Å². The van der Waals surface area contributed by atoms with Crippen molar-refractivity contribution in [2.75, 3.05) is 13.2 Å². The van der Waals surface area contributed by atoms with E-state index in [-0.39, 0.29) is 11.9 Å². The van der Waals surface area contributed by atoms with Crippen molar-refractivity contribution in [2.24, 2.45) is 4.99 Å². The summed E-state index contributed by atoms with van der Waals surface area (Å²) in [4.78, 5) is 4.00. The van der Waals surface area contributed by atoms with Crippen LogP contribution in [-0.4, -0.2) is 25.5 Å². The number of halogens is 1. The monoisotopic (exact) mass is 194 g/mol. The Labute approximate surface area is 81.6 Å². The van der Waals surface area contributed by atoms with E-state index in [2.05, 4.69) is 10.3 Å². The molecular weight excluding hydrogens is 183 g/mol. The number of rotatable bonds is 3. The summed E-state index contributed by atoms with van der Waals surface area (Å²) < 4.78 is 18.1. The average Bonchev–Trinajstić information content (AvgIpc) is 2.67. The summed E-state index contributed by atoms with van der Waals surface area (Å²) in [5, 5.41) is 3.03. The summed E-state index contributed by atoms with van der Waals surface area (Å²) in [6.07, 6.45) is 1.67. The highest BCUT2D eigenvalue weighted by atomic mass is 19.1. The zero-order valence-electron chi connectivity index (χ0n) is 7.61. The van der Waals surface area contributed by atoms with E-state index < -0.39 is 0 Å². The third-order valence-electron chi connectivity index (χ3n) is 1.97. The number of aliphatic imine (C=N–C) groups is 1. The molecule has 3 nitrogen and oxygen atoms in total. The Hall–Kier alpha value is -1.58. The lowest BCUT2D eigenvalue weighted by atomic mass is 10.3. The molecule has 0 saturated heterocycles. The Morgan fingerprint density at radius 2 is 2.50 bits per heavy atom. The summed E-state index contributed by atoms with van der Waals surface area (Å²) in [5.41, 5.74) is 0. The highest BCUT2D eigenvalue weighted by molar-refractivity contribution is 5.57. The lowest BCUT2D eigenvalue weighted by molar-refractivity contribution is 0.285. The minimum atomic E-state index is -0.280. The molecule has 1 aromatic carbocycles. The van der Waals surface area contributed by atoms with E-state index in [4.69, 9.17) is 4.74 Å². The molecule has 1 unspecified atom stereocenters. The van der Waals surface area contributed by atoms with Crippen molar-refractivity contribution in [1.29, 1.82) is 0 Å². The number of ether oxygens (including phenoxy) is 1. The molecule has 14 heavy (non-hydrogen) atoms. The second-order valence-corrected chi connectivity index (χ2v) is 3.13. The molecule has 0 saturated carbocycles. The van der Waals surface area contributed by atoms with Crippen LogP contribution < -0.4 is 10.1 Å². The van der Waals surface area contributed by atoms with E-state index >= 15 is 0 Å². The first kappa shape index (κ1) is 8.99. The molecular formula is C10H11FN2O. The highest BCUT2D eigenvalue weighted by Crippen LogP contribution is 2.12. The molecule has 0 amide bonds. The van der Waals surface area contributed by atoms with Crippen LogP contribution in [0.15, 0.2) is 29.3 Å². The molecule has 74 valence electrons. The van der Waals surface area contributed by atoms with Crippen LogP contribution in [0.25, 0.3) is 0 Å². The summed E-state index contributed by atoms with van der Waals surface area (Å²) in [7, 11) is 0. The van der Waals surface area contributed by atoms with Gasteiger partial charge in [-0.15, -0.1) is 0 Å². The second kappa shape index (κ2) is 4.09. The van der Waals surface area contributed by atoms with Gasteiger partial charge in [0.25, 0.3) is 0 Å². The molecule has 0 aromatic heterocycles. The van der Waals surface area contributed by atoms with Crippen molar-refractivity contribution < 1.29 is 9.13 Å². The Morgan fingerprint density at radius 3 is 3.21 bits per heavy atom. The Bertz CT molecular complexity index is 333. The fraction of sp³-hybridized carbons (Fsp3) is 0.300. The van der Waals surface area contributed by atoms with E-state index in [0.29, 0.717) is 12.4 Å². The maximum atomic E-state index is 12.7. The van der Waals surface area contributed by atoms with Crippen LogP contribution in [0.1, 0.15) is 0 Å². The third kappa shape index (κ3) is 2.22. The fourth-order valence-corrected chi connectivity index (χ4v) is 1.25. The van der Waals surface area contributed by atoms with Gasteiger partial charge in [-0.25, -0.2) is 4.39 Å². The van der Waals surface area contributed by atoms with Gasteiger partial charge >= 0.3 is 0 Å². The van der Waals surface area contributed by atoms with Crippen molar-refractivity contribution in [3.8, 4) is 5.75 Å². The summed E-state index contributed by atoms with van der Waals surface area (Å²) in [5.74, 6) is 0.275. The predicted octanol–water partition coefficient (Wildman–Crippen LogP) is 1.20. The van der Waals surface area contributed by atoms with Crippen LogP contribution in [0.5, 0.6) is 5.75 Å². The highest BCUT2D eigenvalue weighted by Gasteiger charge is 2.10. The van der Waals surface area contributed by atoms with Gasteiger partial charge in [-0.2, -0.15) is 0 Å². The average molecular weight is 194 g/mol. The fourth-order valence-electron chi connectivity index (χ4n) is 1.25. The van der Waals surface area contributed by atoms with Crippen molar-refractivity contribution in [3.63, 3.8) is 0 Å². The van der Waals surface area contributed by atoms with Gasteiger partial charge in [0.1, 0.15) is 18.2 Å². The zero-order chi connectivity index (χ0) is 9.80. The Kier molecular flexibility index (Phi) is 2.62. The topological polar surface area (TPSA) is 33.6 Å². The molecule has 1 aliphatic rings.